The topological polar surface area (TPSA) is 196 Å². The standard InChI is InChI=1S/C28H23N3O10/c32-8-16-23(34)24(35)25(36)28(41-16)31-13-7-15-14(39-3-4-40-15)6-11(13)18-20-19(26(37)30-27(20)38)17-10-5-9(33)1-2-12(10)29-21(17)22(18)31/h1-2,5-7,16,23-25,28-29,32-36H,3-4,8H2,(H,30,37,38)/t16-,23-,24+,25-,28?/m1/s1. The number of nitrogens with one attached hydrogen (secondary N) is 2. The van der Waals surface area contributed by atoms with Gasteiger partial charge in [0.1, 0.15) is 43.4 Å². The van der Waals surface area contributed by atoms with E-state index >= 15 is 0 Å². The second-order valence-electron chi connectivity index (χ2n) is 10.5. The van der Waals surface area contributed by atoms with E-state index in [2.05, 4.69) is 10.3 Å². The van der Waals surface area contributed by atoms with Crippen LogP contribution in [0.4, 0.5) is 0 Å². The van der Waals surface area contributed by atoms with Gasteiger partial charge in [0.05, 0.1) is 34.3 Å². The Kier molecular flexibility index (Phi) is 4.95. The number of aliphatic hydroxyl groups is 4. The molecule has 7 N–H and O–H groups in total. The van der Waals surface area contributed by atoms with Gasteiger partial charge in [-0.25, -0.2) is 0 Å². The Bertz CT molecular complexity index is 1980. The highest BCUT2D eigenvalue weighted by atomic mass is 16.6. The van der Waals surface area contributed by atoms with Gasteiger partial charge in [-0.1, -0.05) is 0 Å². The predicted octanol–water partition coefficient (Wildman–Crippen LogP) is 0.762. The predicted molar refractivity (Wildman–Crippen MR) is 142 cm³/mol. The number of amides is 2. The highest BCUT2D eigenvalue weighted by Crippen LogP contribution is 2.48. The molecular weight excluding hydrogens is 538 g/mol. The van der Waals surface area contributed by atoms with Crippen molar-refractivity contribution in [1.29, 1.82) is 0 Å². The van der Waals surface area contributed by atoms with Crippen molar-refractivity contribution in [3.63, 3.8) is 0 Å². The summed E-state index contributed by atoms with van der Waals surface area (Å²) in [6, 6.07) is 7.95. The summed E-state index contributed by atoms with van der Waals surface area (Å²) >= 11 is 0. The van der Waals surface area contributed by atoms with E-state index in [4.69, 9.17) is 14.2 Å². The molecule has 0 spiro atoms. The van der Waals surface area contributed by atoms with Crippen LogP contribution in [0, 0.1) is 0 Å². The van der Waals surface area contributed by atoms with E-state index in [0.29, 0.717) is 68.3 Å². The van der Waals surface area contributed by atoms with Crippen molar-refractivity contribution in [3.8, 4) is 17.2 Å². The molecule has 13 heteroatoms. The van der Waals surface area contributed by atoms with Gasteiger partial charge in [-0.15, -0.1) is 0 Å². The van der Waals surface area contributed by atoms with E-state index in [9.17, 15) is 35.1 Å². The molecular formula is C28H23N3O10. The normalized spacial score (nSPS) is 25.9. The summed E-state index contributed by atoms with van der Waals surface area (Å²) in [6.45, 7) is -0.0458. The maximum absolute atomic E-state index is 13.4. The number of carbonyl (C=O) groups excluding carboxylic acids is 2. The Balaban J connectivity index is 1.60. The van der Waals surface area contributed by atoms with E-state index in [1.165, 1.54) is 12.1 Å². The minimum atomic E-state index is -1.68. The minimum absolute atomic E-state index is 0.0478. The number of aliphatic hydroxyl groups excluding tert-OH is 4. The number of benzene rings is 3. The van der Waals surface area contributed by atoms with Gasteiger partial charge in [-0.2, -0.15) is 0 Å². The number of rotatable bonds is 2. The molecule has 3 aliphatic heterocycles. The smallest absolute Gasteiger partial charge is 0.259 e. The number of phenolic OH excluding ortho intramolecular Hbond substituents is 1. The van der Waals surface area contributed by atoms with Crippen LogP contribution >= 0.6 is 0 Å². The van der Waals surface area contributed by atoms with E-state index in [0.717, 1.165) is 0 Å². The fraction of sp³-hybridized carbons (Fsp3) is 0.286. The van der Waals surface area contributed by atoms with Crippen LogP contribution in [0.2, 0.25) is 0 Å². The first kappa shape index (κ1) is 24.4. The number of H-pyrrole nitrogens is 1. The number of hydrogen-bond donors (Lipinski definition) is 7. The molecule has 5 atom stereocenters. The van der Waals surface area contributed by atoms with E-state index in [-0.39, 0.29) is 16.9 Å². The maximum atomic E-state index is 13.4. The fourth-order valence-electron chi connectivity index (χ4n) is 6.45. The molecule has 2 aromatic heterocycles. The Morgan fingerprint density at radius 3 is 2.32 bits per heavy atom. The Hall–Kier alpha value is -4.40. The number of imide groups is 1. The van der Waals surface area contributed by atoms with Crippen LogP contribution in [-0.2, 0) is 4.74 Å². The summed E-state index contributed by atoms with van der Waals surface area (Å²) in [5.41, 5.74) is 1.94. The number of fused-ring (bicyclic) bond motifs is 11. The molecule has 0 saturated carbocycles. The average molecular weight is 562 g/mol. The zero-order chi connectivity index (χ0) is 28.3. The van der Waals surface area contributed by atoms with Crippen LogP contribution < -0.4 is 14.8 Å². The molecule has 1 saturated heterocycles. The highest BCUT2D eigenvalue weighted by molar-refractivity contribution is 6.39. The summed E-state index contributed by atoms with van der Waals surface area (Å²) in [5, 5.41) is 56.7. The SMILES string of the molecule is O=C1NC(=O)c2c1c1c3cc(O)ccc3[nH]c1c1c2c2cc3c(cc2n1C1O[C@H](CO)[C@@H](O)[C@H](O)[C@H]1O)OCCO3. The van der Waals surface area contributed by atoms with E-state index < -0.39 is 49.1 Å². The van der Waals surface area contributed by atoms with Gasteiger partial charge in [0.15, 0.2) is 17.7 Å². The first-order chi connectivity index (χ1) is 19.8. The molecule has 8 rings (SSSR count). The molecule has 5 aromatic rings. The summed E-state index contributed by atoms with van der Waals surface area (Å²) in [4.78, 5) is 29.9. The van der Waals surface area contributed by atoms with Gasteiger partial charge in [-0.3, -0.25) is 14.9 Å². The lowest BCUT2D eigenvalue weighted by Gasteiger charge is -2.41. The number of hydrogen-bond acceptors (Lipinski definition) is 10. The second kappa shape index (κ2) is 8.31. The van der Waals surface area contributed by atoms with Gasteiger partial charge in [0, 0.05) is 33.1 Å². The van der Waals surface area contributed by atoms with Crippen molar-refractivity contribution >= 4 is 55.4 Å². The molecule has 0 bridgehead atoms. The molecule has 3 aliphatic rings. The van der Waals surface area contributed by atoms with Crippen LogP contribution in [0.3, 0.4) is 0 Å². The summed E-state index contributed by atoms with van der Waals surface area (Å²) < 4.78 is 19.2. The molecule has 5 heterocycles. The Morgan fingerprint density at radius 2 is 1.59 bits per heavy atom. The molecule has 1 unspecified atom stereocenters. The monoisotopic (exact) mass is 561 g/mol. The number of aromatic nitrogens is 2. The first-order valence-corrected chi connectivity index (χ1v) is 13.0. The van der Waals surface area contributed by atoms with Crippen molar-refractivity contribution in [3.05, 3.63) is 41.5 Å². The van der Waals surface area contributed by atoms with Crippen LogP contribution in [-0.4, -0.2) is 91.1 Å². The molecule has 1 fully saturated rings. The zero-order valence-corrected chi connectivity index (χ0v) is 21.1. The lowest BCUT2D eigenvalue weighted by atomic mass is 9.96. The Labute approximate surface area is 229 Å². The summed E-state index contributed by atoms with van der Waals surface area (Å²) in [7, 11) is 0. The molecule has 3 aromatic carbocycles. The molecule has 0 radical (unpaired) electrons. The summed E-state index contributed by atoms with van der Waals surface area (Å²) in [5.74, 6) is -0.473. The number of carbonyl (C=O) groups is 2. The van der Waals surface area contributed by atoms with E-state index in [1.807, 2.05) is 0 Å². The van der Waals surface area contributed by atoms with Gasteiger partial charge in [0.2, 0.25) is 0 Å². The number of aromatic hydroxyl groups is 1. The summed E-state index contributed by atoms with van der Waals surface area (Å²) in [6.07, 6.45) is -7.49. The highest BCUT2D eigenvalue weighted by Gasteiger charge is 2.46. The fourth-order valence-corrected chi connectivity index (χ4v) is 6.45. The number of phenols is 1. The van der Waals surface area contributed by atoms with Gasteiger partial charge < -0.3 is 49.3 Å². The van der Waals surface area contributed by atoms with Gasteiger partial charge in [-0.05, 0) is 24.3 Å². The van der Waals surface area contributed by atoms with Crippen LogP contribution in [0.15, 0.2) is 30.3 Å². The van der Waals surface area contributed by atoms with Crippen molar-refractivity contribution in [1.82, 2.24) is 14.9 Å². The molecule has 13 nitrogen and oxygen atoms in total. The van der Waals surface area contributed by atoms with E-state index in [1.54, 1.807) is 22.8 Å². The molecule has 2 amide bonds. The molecule has 0 aliphatic carbocycles. The number of aromatic amines is 1. The first-order valence-electron chi connectivity index (χ1n) is 13.0. The molecule has 41 heavy (non-hydrogen) atoms. The van der Waals surface area contributed by atoms with Crippen LogP contribution in [0.1, 0.15) is 26.9 Å². The number of ether oxygens (including phenoxy) is 3. The third kappa shape index (κ3) is 3.11. The van der Waals surface area contributed by atoms with Crippen LogP contribution in [0.5, 0.6) is 17.2 Å². The second-order valence-corrected chi connectivity index (χ2v) is 10.5. The van der Waals surface area contributed by atoms with Crippen molar-refractivity contribution in [2.45, 2.75) is 30.6 Å². The van der Waals surface area contributed by atoms with Gasteiger partial charge >= 0.3 is 0 Å². The van der Waals surface area contributed by atoms with Crippen molar-refractivity contribution in [2.75, 3.05) is 19.8 Å². The number of nitrogens with zero attached hydrogens (tertiary/aromatic N) is 1. The quantitative estimate of drug-likeness (QED) is 0.151. The van der Waals surface area contributed by atoms with Crippen LogP contribution in [0.25, 0.3) is 43.6 Å². The average Bonchev–Trinajstić information content (AvgIpc) is 3.59. The van der Waals surface area contributed by atoms with Crippen molar-refractivity contribution < 1.29 is 49.3 Å². The largest absolute Gasteiger partial charge is 0.508 e. The maximum Gasteiger partial charge on any atom is 0.259 e. The third-order valence-electron chi connectivity index (χ3n) is 8.24. The zero-order valence-electron chi connectivity index (χ0n) is 21.1. The third-order valence-corrected chi connectivity index (χ3v) is 8.24. The van der Waals surface area contributed by atoms with Gasteiger partial charge in [0.25, 0.3) is 11.8 Å². The lowest BCUT2D eigenvalue weighted by Crippen LogP contribution is -2.56. The Morgan fingerprint density at radius 1 is 0.878 bits per heavy atom. The van der Waals surface area contributed by atoms with Crippen molar-refractivity contribution in [2.24, 2.45) is 0 Å². The lowest BCUT2D eigenvalue weighted by molar-refractivity contribution is -0.249. The minimum Gasteiger partial charge on any atom is -0.508 e. The molecule has 210 valence electrons.